The minimum absolute atomic E-state index is 0.0851. The molecule has 0 saturated carbocycles. The zero-order valence-corrected chi connectivity index (χ0v) is 45.1. The van der Waals surface area contributed by atoms with Gasteiger partial charge in [0, 0.05) is 111 Å². The van der Waals surface area contributed by atoms with E-state index in [4.69, 9.17) is 21.3 Å². The number of methoxy groups -OCH3 is 1. The van der Waals surface area contributed by atoms with Gasteiger partial charge >= 0.3 is 0 Å². The van der Waals surface area contributed by atoms with E-state index in [0.717, 1.165) is 106 Å². The van der Waals surface area contributed by atoms with Gasteiger partial charge in [-0.2, -0.15) is 10.1 Å². The quantitative estimate of drug-likeness (QED) is 0.0714. The monoisotopic (exact) mass is 1080 g/mol. The molecule has 21 heteroatoms. The number of likely N-dealkylation sites (tertiary alicyclic amines) is 1. The minimum Gasteiger partial charge on any atom is -0.494 e. The first-order valence-electron chi connectivity index (χ1n) is 26.1. The molecule has 2 aromatic heterocycles. The van der Waals surface area contributed by atoms with Crippen LogP contribution in [0.4, 0.5) is 38.9 Å². The Morgan fingerprint density at radius 1 is 0.792 bits per heavy atom. The van der Waals surface area contributed by atoms with Gasteiger partial charge in [0.1, 0.15) is 29.8 Å². The molecule has 3 N–H and O–H groups in total. The van der Waals surface area contributed by atoms with Crippen molar-refractivity contribution in [1.82, 2.24) is 39.8 Å². The first-order valence-corrected chi connectivity index (χ1v) is 29.1. The van der Waals surface area contributed by atoms with Gasteiger partial charge in [-0.3, -0.25) is 39.0 Å². The highest BCUT2D eigenvalue weighted by atomic mass is 35.5. The largest absolute Gasteiger partial charge is 0.494 e. The summed E-state index contributed by atoms with van der Waals surface area (Å²) in [4.78, 5) is 71.3. The number of carbonyl (C=O) groups excluding carboxylic acids is 4. The van der Waals surface area contributed by atoms with E-state index in [1.54, 1.807) is 73.7 Å². The summed E-state index contributed by atoms with van der Waals surface area (Å²) in [5.41, 5.74) is 6.64. The molecule has 4 saturated heterocycles. The van der Waals surface area contributed by atoms with Gasteiger partial charge in [-0.1, -0.05) is 35.9 Å². The molecule has 11 rings (SSSR count). The number of piperazine rings is 1. The van der Waals surface area contributed by atoms with Gasteiger partial charge in [-0.25, -0.2) is 9.37 Å². The Bertz CT molecular complexity index is 3350. The van der Waals surface area contributed by atoms with Gasteiger partial charge in [-0.05, 0) is 106 Å². The van der Waals surface area contributed by atoms with Gasteiger partial charge in [0.05, 0.1) is 42.0 Å². The van der Waals surface area contributed by atoms with Crippen molar-refractivity contribution < 1.29 is 32.9 Å². The molecule has 77 heavy (non-hydrogen) atoms. The number of benzene rings is 4. The molecule has 5 aliphatic heterocycles. The number of amides is 4. The van der Waals surface area contributed by atoms with Crippen LogP contribution in [0, 0.1) is 11.7 Å². The molecule has 0 aliphatic carbocycles. The molecule has 0 radical (unpaired) electrons. The third-order valence-electron chi connectivity index (χ3n) is 15.7. The Morgan fingerprint density at radius 2 is 1.57 bits per heavy atom. The number of carbonyl (C=O) groups is 4. The van der Waals surface area contributed by atoms with Crippen LogP contribution in [0.2, 0.25) is 5.02 Å². The lowest BCUT2D eigenvalue weighted by Crippen LogP contribution is -2.54. The molecule has 2 atom stereocenters. The van der Waals surface area contributed by atoms with Crippen LogP contribution in [0.1, 0.15) is 52.8 Å². The van der Waals surface area contributed by atoms with Crippen LogP contribution in [-0.2, 0) is 21.2 Å². The highest BCUT2D eigenvalue weighted by Gasteiger charge is 2.45. The van der Waals surface area contributed by atoms with E-state index in [1.807, 2.05) is 31.6 Å². The third kappa shape index (κ3) is 10.7. The van der Waals surface area contributed by atoms with E-state index < -0.39 is 36.8 Å². The topological polar surface area (TPSA) is 190 Å². The van der Waals surface area contributed by atoms with Gasteiger partial charge < -0.3 is 34.6 Å². The van der Waals surface area contributed by atoms with Crippen LogP contribution in [0.3, 0.4) is 0 Å². The molecule has 0 bridgehead atoms. The van der Waals surface area contributed by atoms with E-state index in [-0.39, 0.29) is 29.6 Å². The number of aryl methyl sites for hydroxylation is 1. The summed E-state index contributed by atoms with van der Waals surface area (Å²) in [5.74, 6) is -0.731. The van der Waals surface area contributed by atoms with Crippen molar-refractivity contribution in [3.05, 3.63) is 113 Å². The molecule has 6 aromatic rings. The predicted molar refractivity (Wildman–Crippen MR) is 296 cm³/mol. The second-order valence-electron chi connectivity index (χ2n) is 21.0. The number of halogens is 2. The van der Waals surface area contributed by atoms with Crippen LogP contribution >= 0.6 is 18.7 Å². The van der Waals surface area contributed by atoms with Crippen molar-refractivity contribution in [1.29, 1.82) is 0 Å². The van der Waals surface area contributed by atoms with E-state index >= 15 is 0 Å². The minimum atomic E-state index is -2.88. The van der Waals surface area contributed by atoms with Crippen molar-refractivity contribution in [2.45, 2.75) is 44.2 Å². The van der Waals surface area contributed by atoms with Gasteiger partial charge in [0.15, 0.2) is 5.82 Å². The van der Waals surface area contributed by atoms with Gasteiger partial charge in [0.2, 0.25) is 17.8 Å². The maximum Gasteiger partial charge on any atom is 0.262 e. The van der Waals surface area contributed by atoms with Crippen LogP contribution in [0.15, 0.2) is 91.4 Å². The Kier molecular flexibility index (Phi) is 14.4. The number of hydrogen-bond acceptors (Lipinski definition) is 15. The van der Waals surface area contributed by atoms with Crippen LogP contribution < -0.4 is 35.8 Å². The number of piperidine rings is 2. The van der Waals surface area contributed by atoms with Crippen molar-refractivity contribution in [3.63, 3.8) is 0 Å². The molecule has 2 unspecified atom stereocenters. The SMILES string of the molecule is COc1cc(N2CCN(C3CCN(CC4CCN(c5ccc6c(c5)C(=O)N(C5CCC(=O)NC5=O)C6=O)C4)CC3)CC2)c(-c2cnn(C)c2)cc1Nc1ncc(Cl)c(Nc2ccc(-c3ccccc3F)cc2P(C)(C)=O)n1. The maximum atomic E-state index is 14.8. The average Bonchev–Trinajstić information content (AvgIpc) is 4.26. The summed E-state index contributed by atoms with van der Waals surface area (Å²) in [6, 6.07) is 20.8. The van der Waals surface area contributed by atoms with Crippen molar-refractivity contribution in [2.75, 3.05) is 99.8 Å². The summed E-state index contributed by atoms with van der Waals surface area (Å²) >= 11 is 6.69. The summed E-state index contributed by atoms with van der Waals surface area (Å²) in [7, 11) is 0.658. The highest BCUT2D eigenvalue weighted by Crippen LogP contribution is 2.43. The molecule has 4 fully saturated rings. The van der Waals surface area contributed by atoms with Crippen LogP contribution in [0.25, 0.3) is 22.3 Å². The van der Waals surface area contributed by atoms with Crippen molar-refractivity contribution in [2.24, 2.45) is 13.0 Å². The number of ether oxygens (including phenoxy) is 1. The second-order valence-corrected chi connectivity index (χ2v) is 24.6. The van der Waals surface area contributed by atoms with E-state index in [9.17, 15) is 28.1 Å². The number of rotatable bonds is 14. The molecular weight excluding hydrogens is 1020 g/mol. The zero-order valence-electron chi connectivity index (χ0n) is 43.5. The number of imide groups is 2. The van der Waals surface area contributed by atoms with Gasteiger partial charge in [0.25, 0.3) is 11.8 Å². The van der Waals surface area contributed by atoms with E-state index in [1.165, 1.54) is 12.3 Å². The molecule has 0 spiro atoms. The molecular formula is C56H61ClFN12O6P. The Balaban J connectivity index is 0.715. The number of nitrogens with zero attached hydrogens (tertiary/aromatic N) is 9. The lowest BCUT2D eigenvalue weighted by Gasteiger charge is -2.44. The summed E-state index contributed by atoms with van der Waals surface area (Å²) in [5, 5.41) is 14.2. The number of nitrogens with one attached hydrogen (secondary N) is 3. The van der Waals surface area contributed by atoms with E-state index in [2.05, 4.69) is 51.7 Å². The highest BCUT2D eigenvalue weighted by molar-refractivity contribution is 7.70. The normalized spacial score (nSPS) is 19.7. The summed E-state index contributed by atoms with van der Waals surface area (Å²) in [6.07, 6.45) is 8.80. The number of anilines is 6. The number of aromatic nitrogens is 4. The second kappa shape index (κ2) is 21.3. The summed E-state index contributed by atoms with van der Waals surface area (Å²) in [6.45, 7) is 11.6. The molecule has 400 valence electrons. The molecule has 5 aliphatic rings. The van der Waals surface area contributed by atoms with Crippen molar-refractivity contribution >= 4 is 82.2 Å². The van der Waals surface area contributed by atoms with Gasteiger partial charge in [-0.15, -0.1) is 0 Å². The zero-order chi connectivity index (χ0) is 53.7. The Morgan fingerprint density at radius 3 is 2.30 bits per heavy atom. The van der Waals surface area contributed by atoms with Crippen molar-refractivity contribution in [3.8, 4) is 28.0 Å². The standard InChI is InChI=1S/C56H61ClFN12O6P/c1-65-33-36(29-60-65)41-27-46(62-56-59-30-43(57)52(64-56)61-45-12-9-35(25-50(45)77(3,4)75)39-7-5-6-8-44(39)58)49(76-2)28-48(41)68-23-21-67(22-24-68)37-16-18-66(19-17-37)31-34-15-20-69(32-34)38-10-11-40-42(26-38)55(74)70(54(40)73)47-13-14-51(71)63-53(47)72/h5-12,25-30,33-34,37,47H,13-24,31-32H2,1-4H3,(H,63,71,72)(H2,59,61,62,64). The first-order chi connectivity index (χ1) is 37.1. The molecule has 18 nitrogen and oxygen atoms in total. The summed E-state index contributed by atoms with van der Waals surface area (Å²) < 4.78 is 36.3. The van der Waals surface area contributed by atoms with Crippen LogP contribution in [-0.4, -0.2) is 150 Å². The smallest absolute Gasteiger partial charge is 0.262 e. The molecule has 4 amide bonds. The fourth-order valence-electron chi connectivity index (χ4n) is 11.6. The number of fused-ring (bicyclic) bond motifs is 1. The van der Waals surface area contributed by atoms with E-state index in [0.29, 0.717) is 62.5 Å². The third-order valence-corrected chi connectivity index (χ3v) is 17.5. The Hall–Kier alpha value is -7.18. The Labute approximate surface area is 451 Å². The fourth-order valence-corrected chi connectivity index (χ4v) is 12.9. The number of hydrogen-bond donors (Lipinski definition) is 3. The lowest BCUT2D eigenvalue weighted by atomic mass is 9.99. The fraction of sp³-hybridized carbons (Fsp3) is 0.375. The first kappa shape index (κ1) is 51.9. The predicted octanol–water partition coefficient (Wildman–Crippen LogP) is 7.59. The average molecular weight is 1080 g/mol. The lowest BCUT2D eigenvalue weighted by molar-refractivity contribution is -0.136. The van der Waals surface area contributed by atoms with Crippen LogP contribution in [0.5, 0.6) is 5.75 Å². The molecule has 4 aromatic carbocycles. The molecule has 7 heterocycles. The maximum absolute atomic E-state index is 14.8.